The lowest BCUT2D eigenvalue weighted by Crippen LogP contribution is -2.41. The molecule has 1 atom stereocenters. The van der Waals surface area contributed by atoms with Gasteiger partial charge in [-0.1, -0.05) is 24.3 Å². The maximum Gasteiger partial charge on any atom is 0.235 e. The first-order valence-corrected chi connectivity index (χ1v) is 7.36. The first-order valence-electron chi connectivity index (χ1n) is 7.36. The van der Waals surface area contributed by atoms with Gasteiger partial charge in [-0.05, 0) is 51.4 Å². The van der Waals surface area contributed by atoms with Crippen molar-refractivity contribution in [1.82, 2.24) is 0 Å². The van der Waals surface area contributed by atoms with Crippen molar-refractivity contribution < 1.29 is 14.4 Å². The summed E-state index contributed by atoms with van der Waals surface area (Å²) in [5.41, 5.74) is 6.31. The summed E-state index contributed by atoms with van der Waals surface area (Å²) < 4.78 is 0. The molecule has 0 saturated carbocycles. The summed E-state index contributed by atoms with van der Waals surface area (Å²) in [4.78, 5) is 35.9. The van der Waals surface area contributed by atoms with Crippen molar-refractivity contribution in [3.8, 4) is 0 Å². The number of primary amides is 1. The smallest absolute Gasteiger partial charge is 0.235 e. The molecular formula is C19H13NO3. The van der Waals surface area contributed by atoms with Gasteiger partial charge in [-0.15, -0.1) is 0 Å². The SMILES string of the molecule is NC(=O)C1C(=O)Cc2cc3cc4ccccc4cc3cc2C1=O. The predicted molar refractivity (Wildman–Crippen MR) is 87.2 cm³/mol. The van der Waals surface area contributed by atoms with Gasteiger partial charge in [-0.3, -0.25) is 14.4 Å². The summed E-state index contributed by atoms with van der Waals surface area (Å²) >= 11 is 0. The highest BCUT2D eigenvalue weighted by Gasteiger charge is 2.38. The second kappa shape index (κ2) is 4.74. The maximum atomic E-state index is 12.5. The molecule has 0 saturated heterocycles. The van der Waals surface area contributed by atoms with Gasteiger partial charge in [0.2, 0.25) is 5.91 Å². The lowest BCUT2D eigenvalue weighted by atomic mass is 9.80. The molecule has 1 unspecified atom stereocenters. The highest BCUT2D eigenvalue weighted by atomic mass is 16.2. The Bertz CT molecular complexity index is 1020. The van der Waals surface area contributed by atoms with E-state index in [0.29, 0.717) is 11.1 Å². The molecule has 4 rings (SSSR count). The third kappa shape index (κ3) is 2.03. The Morgan fingerprint density at radius 2 is 1.52 bits per heavy atom. The van der Waals surface area contributed by atoms with Crippen LogP contribution in [0.3, 0.4) is 0 Å². The fourth-order valence-corrected chi connectivity index (χ4v) is 3.29. The van der Waals surface area contributed by atoms with Crippen LogP contribution in [0.15, 0.2) is 48.5 Å². The second-order valence-corrected chi connectivity index (χ2v) is 5.90. The molecule has 0 radical (unpaired) electrons. The quantitative estimate of drug-likeness (QED) is 0.554. The lowest BCUT2D eigenvalue weighted by molar-refractivity contribution is -0.129. The summed E-state index contributed by atoms with van der Waals surface area (Å²) in [6.07, 6.45) is 0.0669. The number of hydrogen-bond acceptors (Lipinski definition) is 3. The molecule has 0 fully saturated rings. The van der Waals surface area contributed by atoms with Gasteiger partial charge < -0.3 is 5.73 Å². The Balaban J connectivity index is 1.98. The van der Waals surface area contributed by atoms with Crippen LogP contribution in [-0.2, 0) is 16.0 Å². The third-order valence-corrected chi connectivity index (χ3v) is 4.43. The maximum absolute atomic E-state index is 12.5. The average Bonchev–Trinajstić information content (AvgIpc) is 2.51. The topological polar surface area (TPSA) is 77.2 Å². The van der Waals surface area contributed by atoms with Crippen LogP contribution in [0, 0.1) is 5.92 Å². The number of nitrogens with two attached hydrogens (primary N) is 1. The first kappa shape index (κ1) is 13.6. The number of amides is 1. The van der Waals surface area contributed by atoms with E-state index in [1.165, 1.54) is 0 Å². The molecule has 2 N–H and O–H groups in total. The number of rotatable bonds is 1. The van der Waals surface area contributed by atoms with E-state index in [1.807, 2.05) is 42.5 Å². The van der Waals surface area contributed by atoms with E-state index in [1.54, 1.807) is 6.07 Å². The average molecular weight is 303 g/mol. The number of carbonyl (C=O) groups is 3. The van der Waals surface area contributed by atoms with Crippen LogP contribution in [0.4, 0.5) is 0 Å². The molecule has 3 aromatic rings. The van der Waals surface area contributed by atoms with E-state index in [-0.39, 0.29) is 6.42 Å². The Labute approximate surface area is 131 Å². The van der Waals surface area contributed by atoms with Crippen LogP contribution in [-0.4, -0.2) is 17.5 Å². The van der Waals surface area contributed by atoms with Crippen molar-refractivity contribution in [3.63, 3.8) is 0 Å². The van der Waals surface area contributed by atoms with Gasteiger partial charge in [0.15, 0.2) is 17.5 Å². The Hall–Kier alpha value is -3.01. The van der Waals surface area contributed by atoms with Gasteiger partial charge in [-0.2, -0.15) is 0 Å². The van der Waals surface area contributed by atoms with Gasteiger partial charge in [0.05, 0.1) is 0 Å². The molecule has 0 spiro atoms. The van der Waals surface area contributed by atoms with E-state index < -0.39 is 23.4 Å². The molecule has 1 amide bonds. The summed E-state index contributed by atoms with van der Waals surface area (Å²) in [5, 5.41) is 4.06. The molecular weight excluding hydrogens is 290 g/mol. The third-order valence-electron chi connectivity index (χ3n) is 4.43. The van der Waals surface area contributed by atoms with E-state index >= 15 is 0 Å². The van der Waals surface area contributed by atoms with Crippen molar-refractivity contribution in [2.75, 3.05) is 0 Å². The van der Waals surface area contributed by atoms with Gasteiger partial charge in [0.25, 0.3) is 0 Å². The number of hydrogen-bond donors (Lipinski definition) is 1. The molecule has 0 bridgehead atoms. The Kier molecular flexibility index (Phi) is 2.81. The molecule has 0 aliphatic heterocycles. The number of fused-ring (bicyclic) bond motifs is 3. The molecule has 1 aliphatic rings. The molecule has 23 heavy (non-hydrogen) atoms. The number of benzene rings is 3. The van der Waals surface area contributed by atoms with Crippen LogP contribution in [0.1, 0.15) is 15.9 Å². The number of ketones is 2. The van der Waals surface area contributed by atoms with Crippen molar-refractivity contribution in [2.24, 2.45) is 11.7 Å². The standard InChI is InChI=1S/C19H13NO3/c20-19(23)17-16(21)9-14-7-12-5-10-3-1-2-4-11(10)6-13(12)8-15(14)18(17)22/h1-8,17H,9H2,(H2,20,23). The zero-order valence-electron chi connectivity index (χ0n) is 12.2. The molecule has 1 aliphatic carbocycles. The molecule has 3 aromatic carbocycles. The van der Waals surface area contributed by atoms with Gasteiger partial charge in [0, 0.05) is 12.0 Å². The fourth-order valence-electron chi connectivity index (χ4n) is 3.29. The van der Waals surface area contributed by atoms with E-state index in [4.69, 9.17) is 5.73 Å². The normalized spacial score (nSPS) is 17.5. The van der Waals surface area contributed by atoms with Gasteiger partial charge in [-0.25, -0.2) is 0 Å². The molecule has 4 heteroatoms. The second-order valence-electron chi connectivity index (χ2n) is 5.90. The molecule has 0 aromatic heterocycles. The van der Waals surface area contributed by atoms with Crippen molar-refractivity contribution in [2.45, 2.75) is 6.42 Å². The largest absolute Gasteiger partial charge is 0.369 e. The minimum Gasteiger partial charge on any atom is -0.369 e. The zero-order chi connectivity index (χ0) is 16.1. The highest BCUT2D eigenvalue weighted by molar-refractivity contribution is 6.27. The summed E-state index contributed by atoms with van der Waals surface area (Å²) in [7, 11) is 0. The van der Waals surface area contributed by atoms with Crippen molar-refractivity contribution in [3.05, 3.63) is 59.7 Å². The zero-order valence-corrected chi connectivity index (χ0v) is 12.2. The van der Waals surface area contributed by atoms with Crippen LogP contribution in [0.25, 0.3) is 21.5 Å². The molecule has 4 nitrogen and oxygen atoms in total. The summed E-state index contributed by atoms with van der Waals surface area (Å²) in [5.74, 6) is -3.13. The van der Waals surface area contributed by atoms with E-state index in [9.17, 15) is 14.4 Å². The van der Waals surface area contributed by atoms with Crippen LogP contribution >= 0.6 is 0 Å². The lowest BCUT2D eigenvalue weighted by Gasteiger charge is -2.20. The monoisotopic (exact) mass is 303 g/mol. The van der Waals surface area contributed by atoms with Crippen LogP contribution in [0.5, 0.6) is 0 Å². The summed E-state index contributed by atoms with van der Waals surface area (Å²) in [6.45, 7) is 0. The van der Waals surface area contributed by atoms with Crippen molar-refractivity contribution >= 4 is 39.0 Å². The van der Waals surface area contributed by atoms with E-state index in [0.717, 1.165) is 21.5 Å². The molecule has 112 valence electrons. The van der Waals surface area contributed by atoms with E-state index in [2.05, 4.69) is 0 Å². The predicted octanol–water partition coefficient (Wildman–Crippen LogP) is 2.40. The fraction of sp³-hybridized carbons (Fsp3) is 0.105. The Morgan fingerprint density at radius 1 is 0.913 bits per heavy atom. The van der Waals surface area contributed by atoms with Gasteiger partial charge >= 0.3 is 0 Å². The highest BCUT2D eigenvalue weighted by Crippen LogP contribution is 2.30. The molecule has 0 heterocycles. The number of Topliss-reactive ketones (excluding diaryl/α,β-unsaturated/α-hetero) is 2. The minimum absolute atomic E-state index is 0.0669. The summed E-state index contributed by atoms with van der Waals surface area (Å²) in [6, 6.07) is 15.6. The van der Waals surface area contributed by atoms with Gasteiger partial charge in [0.1, 0.15) is 0 Å². The minimum atomic E-state index is -1.35. The van der Waals surface area contributed by atoms with Crippen LogP contribution < -0.4 is 5.73 Å². The number of carbonyl (C=O) groups excluding carboxylic acids is 3. The first-order chi connectivity index (χ1) is 11.0. The van der Waals surface area contributed by atoms with Crippen molar-refractivity contribution in [1.29, 1.82) is 0 Å². The Morgan fingerprint density at radius 3 is 2.13 bits per heavy atom. The van der Waals surface area contributed by atoms with Crippen LogP contribution in [0.2, 0.25) is 0 Å².